The number of carboxylic acid groups (broad SMARTS) is 1. The van der Waals surface area contributed by atoms with Gasteiger partial charge in [-0.2, -0.15) is 5.10 Å². The first kappa shape index (κ1) is 25.7. The van der Waals surface area contributed by atoms with Crippen LogP contribution in [0.4, 0.5) is 0 Å². The smallest absolute Gasteiger partial charge is 0.550 e. The average molecular weight is 482 g/mol. The molecule has 0 amide bonds. The Labute approximate surface area is 214 Å². The minimum absolute atomic E-state index is 0. The molecule has 4 rings (SSSR count). The third kappa shape index (κ3) is 6.58. The monoisotopic (exact) mass is 481 g/mol. The van der Waals surface area contributed by atoms with Crippen molar-refractivity contribution < 1.29 is 33.5 Å². The molecule has 33 heavy (non-hydrogen) atoms. The van der Waals surface area contributed by atoms with Crippen LogP contribution in [0, 0.1) is 0 Å². The fourth-order valence-corrected chi connectivity index (χ4v) is 4.69. The van der Waals surface area contributed by atoms with Crippen molar-refractivity contribution in [2.45, 2.75) is 45.6 Å². The third-order valence-corrected chi connectivity index (χ3v) is 6.50. The van der Waals surface area contributed by atoms with Crippen molar-refractivity contribution >= 4 is 28.9 Å². The van der Waals surface area contributed by atoms with E-state index in [2.05, 4.69) is 15.1 Å². The molecule has 3 heterocycles. The second-order valence-electron chi connectivity index (χ2n) is 8.06. The van der Waals surface area contributed by atoms with Crippen LogP contribution >= 0.6 is 22.9 Å². The average Bonchev–Trinajstić information content (AvgIpc) is 3.34. The number of halogens is 1. The van der Waals surface area contributed by atoms with Crippen molar-refractivity contribution in [3.05, 3.63) is 40.7 Å². The van der Waals surface area contributed by atoms with Crippen LogP contribution in [0.3, 0.4) is 0 Å². The van der Waals surface area contributed by atoms with E-state index in [1.165, 1.54) is 16.9 Å². The van der Waals surface area contributed by atoms with Gasteiger partial charge in [-0.3, -0.25) is 0 Å². The number of aliphatic carboxylic acids is 1. The van der Waals surface area contributed by atoms with Crippen LogP contribution in [0.15, 0.2) is 24.4 Å². The first-order valence-corrected chi connectivity index (χ1v) is 11.9. The Morgan fingerprint density at radius 1 is 1.27 bits per heavy atom. The summed E-state index contributed by atoms with van der Waals surface area (Å²) in [5.74, 6) is -0.336. The van der Waals surface area contributed by atoms with Gasteiger partial charge >= 0.3 is 18.9 Å². The molecule has 0 aliphatic carbocycles. The Balaban J connectivity index is 0.00000306. The van der Waals surface area contributed by atoms with Gasteiger partial charge in [0.25, 0.3) is 0 Å². The Morgan fingerprint density at radius 2 is 2.06 bits per heavy atom. The minimum Gasteiger partial charge on any atom is -0.550 e. The molecule has 1 aliphatic heterocycles. The summed E-state index contributed by atoms with van der Waals surface area (Å²) in [4.78, 5) is 12.9. The maximum Gasteiger partial charge on any atom is 1.00 e. The summed E-state index contributed by atoms with van der Waals surface area (Å²) in [6, 6.07) is 5.63. The number of hydrogen-bond donors (Lipinski definition) is 0. The molecular formula is C22H25ClLiN5O3S. The van der Waals surface area contributed by atoms with Gasteiger partial charge in [-0.15, -0.1) is 10.2 Å². The number of ether oxygens (including phenoxy) is 1. The van der Waals surface area contributed by atoms with Crippen LogP contribution in [0.2, 0.25) is 5.02 Å². The predicted molar refractivity (Wildman–Crippen MR) is 121 cm³/mol. The second kappa shape index (κ2) is 11.5. The molecule has 0 saturated heterocycles. The largest absolute Gasteiger partial charge is 1.00 e. The Hall–Kier alpha value is -1.89. The van der Waals surface area contributed by atoms with Crippen LogP contribution in [-0.2, 0) is 17.6 Å². The first-order valence-electron chi connectivity index (χ1n) is 10.7. The Morgan fingerprint density at radius 3 is 2.79 bits per heavy atom. The molecule has 11 heteroatoms. The van der Waals surface area contributed by atoms with E-state index in [9.17, 15) is 9.90 Å². The number of benzene rings is 1. The number of carboxylic acids is 1. The number of nitrogens with zero attached hydrogens (tertiary/aromatic N) is 5. The van der Waals surface area contributed by atoms with E-state index in [0.29, 0.717) is 22.3 Å². The minimum atomic E-state index is -0.988. The van der Waals surface area contributed by atoms with Crippen molar-refractivity contribution in [3.63, 3.8) is 0 Å². The van der Waals surface area contributed by atoms with Crippen molar-refractivity contribution in [1.82, 2.24) is 24.9 Å². The van der Waals surface area contributed by atoms with E-state index < -0.39 is 5.97 Å². The summed E-state index contributed by atoms with van der Waals surface area (Å²) in [7, 11) is 0. The van der Waals surface area contributed by atoms with Gasteiger partial charge in [0.1, 0.15) is 10.8 Å². The standard InChI is InChI=1S/C22H26ClN5O3S.Li/c1-14(2)31-19-6-5-15(12-17(19)23)21-24-25-22(32-21)28-13-16-7-10-27(9-3-4-20(29)30)11-8-18(16)26-28;/h5-6,12-14H,3-4,7-11H2,1-2H3,(H,29,30);/q;+1/p-1. The van der Waals surface area contributed by atoms with E-state index in [1.54, 1.807) is 4.68 Å². The number of carbonyl (C=O) groups excluding carboxylic acids is 1. The summed E-state index contributed by atoms with van der Waals surface area (Å²) < 4.78 is 7.50. The van der Waals surface area contributed by atoms with E-state index in [1.807, 2.05) is 38.2 Å². The normalized spacial score (nSPS) is 13.9. The van der Waals surface area contributed by atoms with Gasteiger partial charge in [0, 0.05) is 37.2 Å². The Bertz CT molecular complexity index is 1080. The van der Waals surface area contributed by atoms with Crippen molar-refractivity contribution in [2.24, 2.45) is 0 Å². The molecule has 1 aliphatic rings. The van der Waals surface area contributed by atoms with Crippen molar-refractivity contribution in [2.75, 3.05) is 19.6 Å². The molecular weight excluding hydrogens is 457 g/mol. The molecule has 0 bridgehead atoms. The van der Waals surface area contributed by atoms with Crippen LogP contribution < -0.4 is 28.7 Å². The summed E-state index contributed by atoms with van der Waals surface area (Å²) in [6.07, 6.45) is 4.49. The zero-order valence-electron chi connectivity index (χ0n) is 19.1. The molecule has 0 fully saturated rings. The number of hydrogen-bond acceptors (Lipinski definition) is 8. The summed E-state index contributed by atoms with van der Waals surface area (Å²) in [5.41, 5.74) is 3.14. The van der Waals surface area contributed by atoms with Crippen LogP contribution in [-0.4, -0.2) is 56.6 Å². The molecule has 8 nitrogen and oxygen atoms in total. The molecule has 0 radical (unpaired) electrons. The van der Waals surface area contributed by atoms with E-state index >= 15 is 0 Å². The van der Waals surface area contributed by atoms with E-state index in [-0.39, 0.29) is 31.4 Å². The molecule has 170 valence electrons. The molecule has 0 N–H and O–H groups in total. The SMILES string of the molecule is CC(C)Oc1ccc(-c2nnc(-n3cc4c(n3)CCN(CCCC(=O)[O-])CC4)s2)cc1Cl.[Li+]. The Kier molecular flexibility index (Phi) is 8.96. The number of aromatic nitrogens is 4. The molecule has 0 unspecified atom stereocenters. The van der Waals surface area contributed by atoms with Gasteiger partial charge in [0.15, 0.2) is 0 Å². The fraction of sp³-hybridized carbons (Fsp3) is 0.455. The van der Waals surface area contributed by atoms with Gasteiger partial charge in [-0.25, -0.2) is 4.68 Å². The van der Waals surface area contributed by atoms with Crippen LogP contribution in [0.25, 0.3) is 15.7 Å². The zero-order chi connectivity index (χ0) is 22.7. The van der Waals surface area contributed by atoms with Crippen LogP contribution in [0.1, 0.15) is 37.9 Å². The first-order chi connectivity index (χ1) is 15.4. The van der Waals surface area contributed by atoms with Gasteiger partial charge < -0.3 is 19.5 Å². The zero-order valence-corrected chi connectivity index (χ0v) is 20.7. The number of carbonyl (C=O) groups is 1. The van der Waals surface area contributed by atoms with Gasteiger partial charge in [-0.1, -0.05) is 22.9 Å². The van der Waals surface area contributed by atoms with Crippen LogP contribution in [0.5, 0.6) is 5.75 Å². The molecule has 0 saturated carbocycles. The maximum atomic E-state index is 10.6. The number of fused-ring (bicyclic) bond motifs is 1. The van der Waals surface area contributed by atoms with Gasteiger partial charge in [0.2, 0.25) is 5.13 Å². The molecule has 0 atom stereocenters. The molecule has 1 aromatic carbocycles. The van der Waals surface area contributed by atoms with Crippen molar-refractivity contribution in [3.8, 4) is 21.5 Å². The van der Waals surface area contributed by atoms with Gasteiger partial charge in [-0.05, 0) is 63.4 Å². The second-order valence-corrected chi connectivity index (χ2v) is 9.43. The molecule has 0 spiro atoms. The topological polar surface area (TPSA) is 96.2 Å². The van der Waals surface area contributed by atoms with E-state index in [4.69, 9.17) is 21.4 Å². The summed E-state index contributed by atoms with van der Waals surface area (Å²) >= 11 is 7.83. The molecule has 3 aromatic rings. The quantitative estimate of drug-likeness (QED) is 0.410. The molecule has 2 aromatic heterocycles. The summed E-state index contributed by atoms with van der Waals surface area (Å²) in [6.45, 7) is 6.43. The van der Waals surface area contributed by atoms with Gasteiger partial charge in [0.05, 0.1) is 16.8 Å². The number of rotatable bonds is 8. The summed E-state index contributed by atoms with van der Waals surface area (Å²) in [5, 5.41) is 26.0. The maximum absolute atomic E-state index is 10.6. The van der Waals surface area contributed by atoms with Crippen molar-refractivity contribution in [1.29, 1.82) is 0 Å². The predicted octanol–water partition coefficient (Wildman–Crippen LogP) is -0.234. The fourth-order valence-electron chi connectivity index (χ4n) is 3.70. The van der Waals surface area contributed by atoms with E-state index in [0.717, 1.165) is 48.7 Å². The third-order valence-electron chi connectivity index (χ3n) is 5.25.